The number of hydrogen-bond donors (Lipinski definition) is 1. The molecule has 6 heteroatoms. The molecule has 4 aromatic rings. The lowest BCUT2D eigenvalue weighted by atomic mass is 9.69. The van der Waals surface area contributed by atoms with E-state index in [-0.39, 0.29) is 6.04 Å². The summed E-state index contributed by atoms with van der Waals surface area (Å²) in [6.45, 7) is 2.99. The largest absolute Gasteiger partial charge is 0.351 e. The minimum atomic E-state index is -0.720. The lowest BCUT2D eigenvalue weighted by Crippen LogP contribution is -2.57. The molecule has 2 aliphatic rings. The van der Waals surface area contributed by atoms with Crippen molar-refractivity contribution in [3.05, 3.63) is 71.7 Å². The summed E-state index contributed by atoms with van der Waals surface area (Å²) in [5.74, 6) is 1.93. The third kappa shape index (κ3) is 2.56. The second-order valence-corrected chi connectivity index (χ2v) is 8.70. The van der Waals surface area contributed by atoms with Gasteiger partial charge in [-0.25, -0.2) is 9.67 Å². The monoisotopic (exact) mass is 408 g/mol. The van der Waals surface area contributed by atoms with E-state index in [1.54, 1.807) is 0 Å². The molecule has 2 aromatic heterocycles. The fourth-order valence-electron chi connectivity index (χ4n) is 5.47. The number of hydrogen-bond acceptors (Lipinski definition) is 4. The zero-order valence-corrected chi connectivity index (χ0v) is 17.5. The van der Waals surface area contributed by atoms with Crippen LogP contribution >= 0.6 is 0 Å². The van der Waals surface area contributed by atoms with Crippen LogP contribution in [0.25, 0.3) is 16.7 Å². The summed E-state index contributed by atoms with van der Waals surface area (Å²) in [5, 5.41) is 15.6. The van der Waals surface area contributed by atoms with Crippen molar-refractivity contribution in [2.75, 3.05) is 11.4 Å². The molecule has 0 unspecified atom stereocenters. The van der Waals surface area contributed by atoms with Gasteiger partial charge in [0.1, 0.15) is 17.1 Å². The summed E-state index contributed by atoms with van der Waals surface area (Å²) in [5.41, 5.74) is 4.38. The van der Waals surface area contributed by atoms with Gasteiger partial charge >= 0.3 is 0 Å². The molecule has 2 aromatic carbocycles. The van der Waals surface area contributed by atoms with Crippen molar-refractivity contribution >= 4 is 16.9 Å². The summed E-state index contributed by atoms with van der Waals surface area (Å²) in [6.07, 6.45) is 3.84. The number of nitrogens with one attached hydrogen (secondary N) is 1. The van der Waals surface area contributed by atoms with Gasteiger partial charge in [0.2, 0.25) is 0 Å². The van der Waals surface area contributed by atoms with Crippen LogP contribution < -0.4 is 4.90 Å². The number of nitriles is 1. The van der Waals surface area contributed by atoms with Gasteiger partial charge in [0.15, 0.2) is 0 Å². The van der Waals surface area contributed by atoms with Gasteiger partial charge in [-0.2, -0.15) is 10.4 Å². The Morgan fingerprint density at radius 1 is 1.10 bits per heavy atom. The Labute approximate surface area is 181 Å². The molecule has 4 heterocycles. The van der Waals surface area contributed by atoms with E-state index in [1.165, 1.54) is 0 Å². The molecule has 1 N–H and O–H groups in total. The molecule has 0 bridgehead atoms. The number of para-hydroxylation sites is 3. The first-order valence-corrected chi connectivity index (χ1v) is 11.0. The Balaban J connectivity index is 1.57. The van der Waals surface area contributed by atoms with Gasteiger partial charge in [-0.15, -0.1) is 0 Å². The molecule has 0 radical (unpaired) electrons. The van der Waals surface area contributed by atoms with Crippen molar-refractivity contribution in [1.82, 2.24) is 19.7 Å². The maximum Gasteiger partial charge on any atom is 0.139 e. The van der Waals surface area contributed by atoms with Crippen LogP contribution in [-0.2, 0) is 11.8 Å². The van der Waals surface area contributed by atoms with Crippen LogP contribution in [0.3, 0.4) is 0 Å². The normalized spacial score (nSPS) is 22.7. The number of aromatic amines is 1. The molecule has 0 spiro atoms. The van der Waals surface area contributed by atoms with Crippen LogP contribution in [0.2, 0.25) is 0 Å². The van der Waals surface area contributed by atoms with Crippen molar-refractivity contribution in [2.45, 2.75) is 44.1 Å². The molecule has 2 aliphatic heterocycles. The Hall–Kier alpha value is -3.59. The molecular formula is C25H24N6. The summed E-state index contributed by atoms with van der Waals surface area (Å²) < 4.78 is 2.07. The average Bonchev–Trinajstić information content (AvgIpc) is 3.40. The van der Waals surface area contributed by atoms with Gasteiger partial charge in [0, 0.05) is 18.5 Å². The summed E-state index contributed by atoms with van der Waals surface area (Å²) in [7, 11) is 0. The number of anilines is 1. The van der Waals surface area contributed by atoms with Gasteiger partial charge in [-0.3, -0.25) is 0 Å². The number of aromatic nitrogens is 4. The second kappa shape index (κ2) is 6.71. The van der Waals surface area contributed by atoms with Crippen molar-refractivity contribution in [1.29, 1.82) is 5.26 Å². The van der Waals surface area contributed by atoms with Gasteiger partial charge < -0.3 is 9.88 Å². The highest BCUT2D eigenvalue weighted by Crippen LogP contribution is 2.47. The molecule has 0 amide bonds. The minimum absolute atomic E-state index is 0.0675. The van der Waals surface area contributed by atoms with E-state index in [4.69, 9.17) is 10.1 Å². The number of fused-ring (bicyclic) bond motifs is 4. The van der Waals surface area contributed by atoms with Crippen LogP contribution in [0, 0.1) is 18.3 Å². The SMILES string of the molecule is Cc1nn(-c2ccccc2)c2c1C[C@@](C#N)(c1nc3ccccc3[nH]1)[C@H]1CCCCN21. The number of nitrogens with zero attached hydrogens (tertiary/aromatic N) is 5. The van der Waals surface area contributed by atoms with E-state index >= 15 is 0 Å². The van der Waals surface area contributed by atoms with Crippen LogP contribution in [0.4, 0.5) is 5.82 Å². The highest BCUT2D eigenvalue weighted by Gasteiger charge is 2.53. The molecule has 0 aliphatic carbocycles. The highest BCUT2D eigenvalue weighted by atomic mass is 15.4. The Bertz CT molecular complexity index is 1280. The van der Waals surface area contributed by atoms with Crippen LogP contribution in [0.1, 0.15) is 36.3 Å². The molecule has 1 saturated heterocycles. The Kier molecular flexibility index (Phi) is 3.94. The first-order valence-electron chi connectivity index (χ1n) is 11.0. The van der Waals surface area contributed by atoms with Gasteiger partial charge in [-0.05, 0) is 50.5 Å². The van der Waals surface area contributed by atoms with Crippen LogP contribution in [-0.4, -0.2) is 32.3 Å². The maximum absolute atomic E-state index is 10.6. The van der Waals surface area contributed by atoms with Crippen molar-refractivity contribution < 1.29 is 0 Å². The third-order valence-electron chi connectivity index (χ3n) is 6.97. The van der Waals surface area contributed by atoms with Gasteiger partial charge in [-0.1, -0.05) is 30.3 Å². The second-order valence-electron chi connectivity index (χ2n) is 8.70. The number of H-pyrrole nitrogens is 1. The van der Waals surface area contributed by atoms with E-state index in [2.05, 4.69) is 39.7 Å². The molecule has 6 nitrogen and oxygen atoms in total. The number of benzene rings is 2. The van der Waals surface area contributed by atoms with Gasteiger partial charge in [0.25, 0.3) is 0 Å². The first kappa shape index (κ1) is 18.2. The zero-order valence-electron chi connectivity index (χ0n) is 17.5. The molecule has 0 saturated carbocycles. The number of imidazole rings is 1. The topological polar surface area (TPSA) is 73.5 Å². The molecule has 2 atom stereocenters. The molecule has 154 valence electrons. The quantitative estimate of drug-likeness (QED) is 0.532. The van der Waals surface area contributed by atoms with E-state index in [0.29, 0.717) is 6.42 Å². The summed E-state index contributed by atoms with van der Waals surface area (Å²) in [6, 6.07) is 21.1. The fraction of sp³-hybridized carbons (Fsp3) is 0.320. The summed E-state index contributed by atoms with van der Waals surface area (Å²) >= 11 is 0. The van der Waals surface area contributed by atoms with E-state index < -0.39 is 5.41 Å². The fourth-order valence-corrected chi connectivity index (χ4v) is 5.47. The van der Waals surface area contributed by atoms with Crippen molar-refractivity contribution in [3.63, 3.8) is 0 Å². The third-order valence-corrected chi connectivity index (χ3v) is 6.97. The number of rotatable bonds is 2. The number of piperidine rings is 1. The van der Waals surface area contributed by atoms with E-state index in [1.807, 2.05) is 42.5 Å². The lowest BCUT2D eigenvalue weighted by Gasteiger charge is -2.48. The van der Waals surface area contributed by atoms with Crippen molar-refractivity contribution in [3.8, 4) is 11.8 Å². The van der Waals surface area contributed by atoms with Crippen molar-refractivity contribution in [2.24, 2.45) is 0 Å². The smallest absolute Gasteiger partial charge is 0.139 e. The Morgan fingerprint density at radius 3 is 2.71 bits per heavy atom. The summed E-state index contributed by atoms with van der Waals surface area (Å²) in [4.78, 5) is 10.8. The van der Waals surface area contributed by atoms with E-state index in [9.17, 15) is 5.26 Å². The standard InChI is InChI=1S/C25H24N6/c1-17-19-15-25(16-26,24-27-20-11-5-6-12-21(20)28-24)22-13-7-8-14-30(22)23(19)31(29-17)18-9-3-2-4-10-18/h2-6,9-12,22H,7-8,13-15H2,1H3,(H,27,28)/t22-,25+/m1/s1. The predicted molar refractivity (Wildman–Crippen MR) is 120 cm³/mol. The molecular weight excluding hydrogens is 384 g/mol. The average molecular weight is 409 g/mol. The zero-order chi connectivity index (χ0) is 21.0. The van der Waals surface area contributed by atoms with Crippen LogP contribution in [0.15, 0.2) is 54.6 Å². The maximum atomic E-state index is 10.6. The first-order chi connectivity index (χ1) is 15.2. The molecule has 31 heavy (non-hydrogen) atoms. The highest BCUT2D eigenvalue weighted by molar-refractivity contribution is 5.75. The van der Waals surface area contributed by atoms with Gasteiger partial charge in [0.05, 0.1) is 34.5 Å². The van der Waals surface area contributed by atoms with Crippen LogP contribution in [0.5, 0.6) is 0 Å². The minimum Gasteiger partial charge on any atom is -0.351 e. The molecule has 6 rings (SSSR count). The molecule has 1 fully saturated rings. The lowest BCUT2D eigenvalue weighted by molar-refractivity contribution is 0.311. The number of aryl methyl sites for hydroxylation is 1. The Morgan fingerprint density at radius 2 is 1.90 bits per heavy atom. The predicted octanol–water partition coefficient (Wildman–Crippen LogP) is 4.43. The van der Waals surface area contributed by atoms with E-state index in [0.717, 1.165) is 65.4 Å².